The lowest BCUT2D eigenvalue weighted by molar-refractivity contribution is 0.0655. The SMILES string of the molecule is CCc1cc(-c2cccc(N)c2OC)nn1C1CCOCC1. The monoisotopic (exact) mass is 301 g/mol. The molecule has 0 spiro atoms. The summed E-state index contributed by atoms with van der Waals surface area (Å²) < 4.78 is 13.1. The van der Waals surface area contributed by atoms with Crippen molar-refractivity contribution in [2.75, 3.05) is 26.1 Å². The van der Waals surface area contributed by atoms with Crippen LogP contribution in [-0.4, -0.2) is 30.1 Å². The van der Waals surface area contributed by atoms with Crippen molar-refractivity contribution in [1.29, 1.82) is 0 Å². The highest BCUT2D eigenvalue weighted by molar-refractivity contribution is 5.75. The third kappa shape index (κ3) is 2.68. The number of aromatic nitrogens is 2. The number of rotatable bonds is 4. The van der Waals surface area contributed by atoms with Gasteiger partial charge in [0.25, 0.3) is 0 Å². The molecule has 2 N–H and O–H groups in total. The van der Waals surface area contributed by atoms with Crippen LogP contribution in [-0.2, 0) is 11.2 Å². The van der Waals surface area contributed by atoms with Crippen LogP contribution in [0.3, 0.4) is 0 Å². The molecule has 2 aromatic rings. The molecule has 0 atom stereocenters. The Morgan fingerprint density at radius 3 is 2.82 bits per heavy atom. The summed E-state index contributed by atoms with van der Waals surface area (Å²) in [4.78, 5) is 0. The van der Waals surface area contributed by atoms with Crippen LogP contribution in [0.25, 0.3) is 11.3 Å². The largest absolute Gasteiger partial charge is 0.494 e. The van der Waals surface area contributed by atoms with Crippen LogP contribution in [0, 0.1) is 0 Å². The van der Waals surface area contributed by atoms with E-state index in [0.29, 0.717) is 17.5 Å². The molecule has 1 aromatic carbocycles. The van der Waals surface area contributed by atoms with Crippen molar-refractivity contribution in [1.82, 2.24) is 9.78 Å². The van der Waals surface area contributed by atoms with Gasteiger partial charge in [0.2, 0.25) is 0 Å². The summed E-state index contributed by atoms with van der Waals surface area (Å²) >= 11 is 0. The molecule has 2 heterocycles. The number of hydrogen-bond donors (Lipinski definition) is 1. The molecule has 118 valence electrons. The van der Waals surface area contributed by atoms with Gasteiger partial charge in [0.15, 0.2) is 5.75 Å². The fourth-order valence-electron chi connectivity index (χ4n) is 3.06. The Labute approximate surface area is 131 Å². The van der Waals surface area contributed by atoms with Gasteiger partial charge in [0, 0.05) is 24.5 Å². The van der Waals surface area contributed by atoms with E-state index in [0.717, 1.165) is 43.7 Å². The average molecular weight is 301 g/mol. The summed E-state index contributed by atoms with van der Waals surface area (Å²) in [5, 5.41) is 4.85. The molecule has 5 nitrogen and oxygen atoms in total. The Balaban J connectivity index is 2.02. The van der Waals surface area contributed by atoms with Gasteiger partial charge in [-0.15, -0.1) is 0 Å². The van der Waals surface area contributed by atoms with Crippen LogP contribution in [0.4, 0.5) is 5.69 Å². The smallest absolute Gasteiger partial charge is 0.151 e. The summed E-state index contributed by atoms with van der Waals surface area (Å²) in [7, 11) is 1.64. The van der Waals surface area contributed by atoms with Crippen molar-refractivity contribution in [2.45, 2.75) is 32.2 Å². The standard InChI is InChI=1S/C17H23N3O2/c1-3-12-11-16(14-5-4-6-15(18)17(14)21-2)19-20(12)13-7-9-22-10-8-13/h4-6,11,13H,3,7-10,18H2,1-2H3. The summed E-state index contributed by atoms with van der Waals surface area (Å²) in [6.45, 7) is 3.78. The van der Waals surface area contributed by atoms with Crippen LogP contribution in [0.2, 0.25) is 0 Å². The average Bonchev–Trinajstić information content (AvgIpc) is 2.99. The molecule has 1 aromatic heterocycles. The van der Waals surface area contributed by atoms with Crippen LogP contribution in [0.1, 0.15) is 31.5 Å². The zero-order chi connectivity index (χ0) is 15.5. The quantitative estimate of drug-likeness (QED) is 0.882. The fourth-order valence-corrected chi connectivity index (χ4v) is 3.06. The van der Waals surface area contributed by atoms with Gasteiger partial charge in [-0.2, -0.15) is 5.10 Å². The van der Waals surface area contributed by atoms with Crippen LogP contribution >= 0.6 is 0 Å². The second-order valence-corrected chi connectivity index (χ2v) is 5.59. The second kappa shape index (κ2) is 6.40. The molecule has 0 unspecified atom stereocenters. The van der Waals surface area contributed by atoms with Gasteiger partial charge in [-0.25, -0.2) is 0 Å². The van der Waals surface area contributed by atoms with Gasteiger partial charge >= 0.3 is 0 Å². The number of para-hydroxylation sites is 1. The molecule has 0 saturated carbocycles. The van der Waals surface area contributed by atoms with Crippen molar-refractivity contribution in [3.05, 3.63) is 30.0 Å². The van der Waals surface area contributed by atoms with Crippen molar-refractivity contribution >= 4 is 5.69 Å². The van der Waals surface area contributed by atoms with Gasteiger partial charge in [0.05, 0.1) is 24.5 Å². The lowest BCUT2D eigenvalue weighted by atomic mass is 10.1. The first-order valence-corrected chi connectivity index (χ1v) is 7.83. The Morgan fingerprint density at radius 2 is 2.14 bits per heavy atom. The number of nitrogen functional groups attached to an aromatic ring is 1. The first kappa shape index (κ1) is 14.9. The van der Waals surface area contributed by atoms with E-state index in [1.54, 1.807) is 7.11 Å². The van der Waals surface area contributed by atoms with Crippen molar-refractivity contribution in [2.24, 2.45) is 0 Å². The van der Waals surface area contributed by atoms with E-state index in [-0.39, 0.29) is 0 Å². The molecule has 1 saturated heterocycles. The highest BCUT2D eigenvalue weighted by atomic mass is 16.5. The van der Waals surface area contributed by atoms with E-state index >= 15 is 0 Å². The summed E-state index contributed by atoms with van der Waals surface area (Å²) in [5.41, 5.74) is 9.76. The minimum atomic E-state index is 0.421. The van der Waals surface area contributed by atoms with E-state index in [9.17, 15) is 0 Å². The third-order valence-corrected chi connectivity index (χ3v) is 4.24. The first-order chi connectivity index (χ1) is 10.7. The number of nitrogens with two attached hydrogens (primary N) is 1. The lowest BCUT2D eigenvalue weighted by Gasteiger charge is -2.24. The number of aryl methyl sites for hydroxylation is 1. The van der Waals surface area contributed by atoms with Crippen molar-refractivity contribution in [3.63, 3.8) is 0 Å². The lowest BCUT2D eigenvalue weighted by Crippen LogP contribution is -2.21. The van der Waals surface area contributed by atoms with Gasteiger partial charge in [-0.3, -0.25) is 4.68 Å². The Kier molecular flexibility index (Phi) is 4.34. The Hall–Kier alpha value is -2.01. The number of benzene rings is 1. The van der Waals surface area contributed by atoms with Crippen LogP contribution in [0.5, 0.6) is 5.75 Å². The number of anilines is 1. The number of nitrogens with zero attached hydrogens (tertiary/aromatic N) is 2. The zero-order valence-electron chi connectivity index (χ0n) is 13.2. The topological polar surface area (TPSA) is 62.3 Å². The highest BCUT2D eigenvalue weighted by Gasteiger charge is 2.21. The molecule has 1 aliphatic heterocycles. The van der Waals surface area contributed by atoms with Gasteiger partial charge in [0.1, 0.15) is 0 Å². The van der Waals surface area contributed by atoms with Gasteiger partial charge in [-0.1, -0.05) is 13.0 Å². The van der Waals surface area contributed by atoms with Gasteiger partial charge < -0.3 is 15.2 Å². The second-order valence-electron chi connectivity index (χ2n) is 5.59. The number of hydrogen-bond acceptors (Lipinski definition) is 4. The molecule has 22 heavy (non-hydrogen) atoms. The number of ether oxygens (including phenoxy) is 2. The predicted octanol–water partition coefficient (Wildman–Crippen LogP) is 3.05. The Bertz CT molecular complexity index is 645. The highest BCUT2D eigenvalue weighted by Crippen LogP contribution is 2.35. The maximum atomic E-state index is 6.01. The maximum absolute atomic E-state index is 6.01. The first-order valence-electron chi connectivity index (χ1n) is 7.83. The molecule has 0 amide bonds. The Morgan fingerprint density at radius 1 is 1.36 bits per heavy atom. The van der Waals surface area contributed by atoms with E-state index < -0.39 is 0 Å². The van der Waals surface area contributed by atoms with E-state index in [1.807, 2.05) is 18.2 Å². The zero-order valence-corrected chi connectivity index (χ0v) is 13.2. The molecular weight excluding hydrogens is 278 g/mol. The molecular formula is C17H23N3O2. The third-order valence-electron chi connectivity index (χ3n) is 4.24. The minimum Gasteiger partial charge on any atom is -0.494 e. The van der Waals surface area contributed by atoms with Crippen molar-refractivity contribution < 1.29 is 9.47 Å². The normalized spacial score (nSPS) is 15.9. The molecule has 3 rings (SSSR count). The molecule has 5 heteroatoms. The fraction of sp³-hybridized carbons (Fsp3) is 0.471. The van der Waals surface area contributed by atoms with E-state index in [2.05, 4.69) is 17.7 Å². The van der Waals surface area contributed by atoms with Crippen molar-refractivity contribution in [3.8, 4) is 17.0 Å². The summed E-state index contributed by atoms with van der Waals surface area (Å²) in [6, 6.07) is 8.35. The molecule has 1 fully saturated rings. The molecule has 1 aliphatic rings. The van der Waals surface area contributed by atoms with E-state index in [4.69, 9.17) is 20.3 Å². The minimum absolute atomic E-state index is 0.421. The maximum Gasteiger partial charge on any atom is 0.151 e. The summed E-state index contributed by atoms with van der Waals surface area (Å²) in [5.74, 6) is 0.696. The summed E-state index contributed by atoms with van der Waals surface area (Å²) in [6.07, 6.45) is 2.99. The predicted molar refractivity (Wildman–Crippen MR) is 87.1 cm³/mol. The molecule has 0 aliphatic carbocycles. The van der Waals surface area contributed by atoms with Gasteiger partial charge in [-0.05, 0) is 37.5 Å². The molecule has 0 radical (unpaired) electrons. The number of methoxy groups -OCH3 is 1. The van der Waals surface area contributed by atoms with Crippen LogP contribution in [0.15, 0.2) is 24.3 Å². The van der Waals surface area contributed by atoms with Crippen LogP contribution < -0.4 is 10.5 Å². The molecule has 0 bridgehead atoms. The van der Waals surface area contributed by atoms with E-state index in [1.165, 1.54) is 5.69 Å².